The predicted octanol–water partition coefficient (Wildman–Crippen LogP) is 2.56. The molecule has 1 amide bonds. The van der Waals surface area contributed by atoms with Gasteiger partial charge >= 0.3 is 0 Å². The monoisotopic (exact) mass is 259 g/mol. The molecule has 0 radical (unpaired) electrons. The molecular formula is C14H14FN3O. The highest BCUT2D eigenvalue weighted by Crippen LogP contribution is 2.25. The number of nitrogens with one attached hydrogen (secondary N) is 1. The lowest BCUT2D eigenvalue weighted by atomic mass is 10.1. The lowest BCUT2D eigenvalue weighted by molar-refractivity contribution is 0.100. The van der Waals surface area contributed by atoms with Crippen LogP contribution in [0.15, 0.2) is 36.4 Å². The molecule has 2 aromatic carbocycles. The number of hydrogen-bond donors (Lipinski definition) is 3. The first kappa shape index (κ1) is 12.9. The molecule has 0 aliphatic carbocycles. The van der Waals surface area contributed by atoms with Crippen molar-refractivity contribution in [3.8, 4) is 0 Å². The van der Waals surface area contributed by atoms with Gasteiger partial charge < -0.3 is 16.8 Å². The van der Waals surface area contributed by atoms with Gasteiger partial charge in [0.2, 0.25) is 5.91 Å². The van der Waals surface area contributed by atoms with Gasteiger partial charge in [0, 0.05) is 11.3 Å². The summed E-state index contributed by atoms with van der Waals surface area (Å²) < 4.78 is 13.3. The Balaban J connectivity index is 2.37. The molecule has 5 heteroatoms. The van der Waals surface area contributed by atoms with Crippen molar-refractivity contribution in [2.45, 2.75) is 6.92 Å². The molecule has 98 valence electrons. The largest absolute Gasteiger partial charge is 0.397 e. The van der Waals surface area contributed by atoms with Crippen LogP contribution in [0.1, 0.15) is 15.9 Å². The second kappa shape index (κ2) is 4.97. The zero-order chi connectivity index (χ0) is 14.0. The second-order valence-corrected chi connectivity index (χ2v) is 4.31. The minimum Gasteiger partial charge on any atom is -0.397 e. The minimum atomic E-state index is -0.543. The second-order valence-electron chi connectivity index (χ2n) is 4.31. The number of benzene rings is 2. The van der Waals surface area contributed by atoms with E-state index < -0.39 is 5.91 Å². The SMILES string of the molecule is Cc1cc(F)cc(Nc2cc(C(N)=O)ccc2N)c1. The maximum atomic E-state index is 13.3. The van der Waals surface area contributed by atoms with Gasteiger partial charge in [0.15, 0.2) is 0 Å². The number of nitrogens with two attached hydrogens (primary N) is 2. The fraction of sp³-hybridized carbons (Fsp3) is 0.0714. The maximum Gasteiger partial charge on any atom is 0.248 e. The normalized spacial score (nSPS) is 10.2. The van der Waals surface area contributed by atoms with Gasteiger partial charge in [0.1, 0.15) is 5.82 Å². The van der Waals surface area contributed by atoms with E-state index in [1.807, 2.05) is 0 Å². The summed E-state index contributed by atoms with van der Waals surface area (Å²) in [5.41, 5.74) is 13.7. The van der Waals surface area contributed by atoms with Crippen molar-refractivity contribution in [1.29, 1.82) is 0 Å². The number of carbonyl (C=O) groups excluding carboxylic acids is 1. The first-order valence-electron chi connectivity index (χ1n) is 5.69. The molecule has 0 fully saturated rings. The smallest absolute Gasteiger partial charge is 0.248 e. The zero-order valence-electron chi connectivity index (χ0n) is 10.4. The van der Waals surface area contributed by atoms with Crippen molar-refractivity contribution in [2.75, 3.05) is 11.1 Å². The molecule has 0 aliphatic heterocycles. The van der Waals surface area contributed by atoms with Gasteiger partial charge in [0.05, 0.1) is 11.4 Å². The molecule has 0 heterocycles. The van der Waals surface area contributed by atoms with E-state index in [1.54, 1.807) is 25.1 Å². The third kappa shape index (κ3) is 3.01. The van der Waals surface area contributed by atoms with Gasteiger partial charge in [-0.25, -0.2) is 4.39 Å². The summed E-state index contributed by atoms with van der Waals surface area (Å²) >= 11 is 0. The van der Waals surface area contributed by atoms with Crippen LogP contribution in [0, 0.1) is 12.7 Å². The summed E-state index contributed by atoms with van der Waals surface area (Å²) in [6, 6.07) is 9.21. The minimum absolute atomic E-state index is 0.338. The molecule has 0 aliphatic rings. The highest BCUT2D eigenvalue weighted by atomic mass is 19.1. The van der Waals surface area contributed by atoms with Crippen LogP contribution in [0.3, 0.4) is 0 Å². The van der Waals surface area contributed by atoms with Gasteiger partial charge in [-0.15, -0.1) is 0 Å². The van der Waals surface area contributed by atoms with Crippen molar-refractivity contribution in [2.24, 2.45) is 5.73 Å². The molecule has 4 nitrogen and oxygen atoms in total. The number of hydrogen-bond acceptors (Lipinski definition) is 3. The third-order valence-corrected chi connectivity index (χ3v) is 2.66. The fourth-order valence-electron chi connectivity index (χ4n) is 1.78. The summed E-state index contributed by atoms with van der Waals surface area (Å²) in [5, 5.41) is 2.98. The Labute approximate surface area is 110 Å². The van der Waals surface area contributed by atoms with Crippen LogP contribution < -0.4 is 16.8 Å². The average Bonchev–Trinajstić information content (AvgIpc) is 2.30. The van der Waals surface area contributed by atoms with E-state index in [-0.39, 0.29) is 5.82 Å². The maximum absolute atomic E-state index is 13.3. The van der Waals surface area contributed by atoms with E-state index in [9.17, 15) is 9.18 Å². The van der Waals surface area contributed by atoms with E-state index in [2.05, 4.69) is 5.32 Å². The van der Waals surface area contributed by atoms with E-state index in [4.69, 9.17) is 11.5 Å². The molecule has 0 unspecified atom stereocenters. The van der Waals surface area contributed by atoms with Crippen LogP contribution in [0.4, 0.5) is 21.5 Å². The van der Waals surface area contributed by atoms with Crippen LogP contribution in [0.25, 0.3) is 0 Å². The average molecular weight is 259 g/mol. The molecule has 0 atom stereocenters. The van der Waals surface area contributed by atoms with Crippen molar-refractivity contribution < 1.29 is 9.18 Å². The van der Waals surface area contributed by atoms with Gasteiger partial charge in [-0.3, -0.25) is 4.79 Å². The van der Waals surface area contributed by atoms with Crippen molar-refractivity contribution in [3.63, 3.8) is 0 Å². The molecule has 0 bridgehead atoms. The molecular weight excluding hydrogens is 245 g/mol. The summed E-state index contributed by atoms with van der Waals surface area (Å²) in [5.74, 6) is -0.884. The molecule has 5 N–H and O–H groups in total. The Morgan fingerprint density at radius 2 is 1.95 bits per heavy atom. The first-order valence-corrected chi connectivity index (χ1v) is 5.69. The van der Waals surface area contributed by atoms with Gasteiger partial charge in [-0.2, -0.15) is 0 Å². The van der Waals surface area contributed by atoms with Gasteiger partial charge in [0.25, 0.3) is 0 Å². The lowest BCUT2D eigenvalue weighted by Gasteiger charge is -2.11. The number of aryl methyl sites for hydroxylation is 1. The number of halogens is 1. The fourth-order valence-corrected chi connectivity index (χ4v) is 1.78. The number of nitrogen functional groups attached to an aromatic ring is 1. The van der Waals surface area contributed by atoms with Crippen molar-refractivity contribution >= 4 is 23.0 Å². The molecule has 2 rings (SSSR count). The summed E-state index contributed by atoms with van der Waals surface area (Å²) in [7, 11) is 0. The Morgan fingerprint density at radius 1 is 1.21 bits per heavy atom. The Kier molecular flexibility index (Phi) is 3.37. The van der Waals surface area contributed by atoms with E-state index in [1.165, 1.54) is 18.2 Å². The highest BCUT2D eigenvalue weighted by Gasteiger charge is 2.06. The van der Waals surface area contributed by atoms with E-state index in [0.29, 0.717) is 22.6 Å². The molecule has 0 saturated heterocycles. The quantitative estimate of drug-likeness (QED) is 0.741. The summed E-state index contributed by atoms with van der Waals surface area (Å²) in [6.07, 6.45) is 0. The first-order chi connectivity index (χ1) is 8.95. The lowest BCUT2D eigenvalue weighted by Crippen LogP contribution is -2.11. The standard InChI is InChI=1S/C14H14FN3O/c1-8-4-10(15)7-11(5-8)18-13-6-9(14(17)19)2-3-12(13)16/h2-7,18H,16H2,1H3,(H2,17,19). The predicted molar refractivity (Wildman–Crippen MR) is 73.8 cm³/mol. The van der Waals surface area contributed by atoms with Gasteiger partial charge in [-0.05, 0) is 48.9 Å². The summed E-state index contributed by atoms with van der Waals surface area (Å²) in [6.45, 7) is 1.79. The Bertz CT molecular complexity index is 620. The molecule has 0 spiro atoms. The topological polar surface area (TPSA) is 81.1 Å². The number of carbonyl (C=O) groups is 1. The number of primary amides is 1. The highest BCUT2D eigenvalue weighted by molar-refractivity contribution is 5.95. The third-order valence-electron chi connectivity index (χ3n) is 2.66. The van der Waals surface area contributed by atoms with Crippen LogP contribution in [0.5, 0.6) is 0 Å². The molecule has 0 saturated carbocycles. The van der Waals surface area contributed by atoms with Crippen LogP contribution in [-0.2, 0) is 0 Å². The Morgan fingerprint density at radius 3 is 2.58 bits per heavy atom. The van der Waals surface area contributed by atoms with Crippen LogP contribution in [0.2, 0.25) is 0 Å². The summed E-state index contributed by atoms with van der Waals surface area (Å²) in [4.78, 5) is 11.1. The zero-order valence-corrected chi connectivity index (χ0v) is 10.4. The van der Waals surface area contributed by atoms with Crippen LogP contribution >= 0.6 is 0 Å². The molecule has 0 aromatic heterocycles. The number of amides is 1. The molecule has 2 aromatic rings. The Hall–Kier alpha value is -2.56. The van der Waals surface area contributed by atoms with E-state index in [0.717, 1.165) is 5.56 Å². The van der Waals surface area contributed by atoms with Crippen molar-refractivity contribution in [3.05, 3.63) is 53.3 Å². The number of anilines is 3. The van der Waals surface area contributed by atoms with Crippen molar-refractivity contribution in [1.82, 2.24) is 0 Å². The van der Waals surface area contributed by atoms with E-state index >= 15 is 0 Å². The van der Waals surface area contributed by atoms with Crippen LogP contribution in [-0.4, -0.2) is 5.91 Å². The number of rotatable bonds is 3. The van der Waals surface area contributed by atoms with Gasteiger partial charge in [-0.1, -0.05) is 0 Å². The molecule has 19 heavy (non-hydrogen) atoms.